The highest BCUT2D eigenvalue weighted by Crippen LogP contribution is 2.44. The van der Waals surface area contributed by atoms with Crippen LogP contribution in [0, 0.1) is 0 Å². The minimum Gasteiger partial charge on any atom is -0.478 e. The van der Waals surface area contributed by atoms with Gasteiger partial charge in [0.05, 0.1) is 0 Å². The molecule has 6 unspecified atom stereocenters. The molecule has 4 aliphatic rings. The number of carbonyl (C=O) groups excluding carboxylic acids is 8. The minimum atomic E-state index is -2.12. The average Bonchev–Trinajstić information content (AvgIpc) is 1.88. The molecule has 0 spiro atoms. The number of aliphatic carboxylic acids is 1. The number of nitrogens with one attached hydrogen (secondary N) is 2. The van der Waals surface area contributed by atoms with Gasteiger partial charge in [0.1, 0.15) is 40.1 Å². The molecule has 2 heterocycles. The van der Waals surface area contributed by atoms with Crippen LogP contribution in [0.4, 0.5) is 13.6 Å². The Morgan fingerprint density at radius 2 is 0.930 bits per heavy atom. The van der Waals surface area contributed by atoms with E-state index in [0.29, 0.717) is 37.6 Å². The SMILES string of the molecule is CCC(OC(=O)C1(N(C)C(=O)OC(C)(C)C)CC1)C(=O)NC(CC(C)(C)F)C(=O)OC(Cc1ccc(C2CCOCC2)cc1)C(=O)N(C)C1(C(=O)OC(CC)C(=O)NC(CC(C)(C)F)C(=O)OC(Cc2ccc(C3CCOCC3)cc2)C(=O)O)CC1. The first-order valence-electron chi connectivity index (χ1n) is 29.9. The van der Waals surface area contributed by atoms with Crippen LogP contribution in [-0.2, 0) is 84.4 Å². The van der Waals surface area contributed by atoms with Gasteiger partial charge in [-0.1, -0.05) is 62.4 Å². The molecule has 2 saturated heterocycles. The van der Waals surface area contributed by atoms with E-state index in [-0.39, 0.29) is 63.2 Å². The Hall–Kier alpha value is -6.75. The monoisotopic (exact) mass is 1210 g/mol. The van der Waals surface area contributed by atoms with Crippen molar-refractivity contribution < 1.29 is 90.2 Å². The number of hydrogen-bond acceptors (Lipinski definition) is 16. The van der Waals surface area contributed by atoms with Crippen LogP contribution in [0.3, 0.4) is 0 Å². The first-order chi connectivity index (χ1) is 40.3. The maximum absolute atomic E-state index is 15.7. The molecule has 86 heavy (non-hydrogen) atoms. The number of rotatable bonds is 28. The number of carboxylic acid groups (broad SMARTS) is 1. The van der Waals surface area contributed by atoms with Gasteiger partial charge in [-0.15, -0.1) is 0 Å². The average molecular weight is 1210 g/mol. The number of benzene rings is 2. The number of carbonyl (C=O) groups is 9. The number of nitrogens with zero attached hydrogens (tertiary/aromatic N) is 2. The van der Waals surface area contributed by atoms with E-state index in [0.717, 1.165) is 60.5 Å². The standard InChI is InChI=1S/C63H88F2N4O17/c1-12-46(50(70)67-45(37-61(8,9)65)55(76)83-49(53(73)74)35-39-16-20-41(21-17-39)43-24-32-81-33-25-43)84-56(77)62(26-27-62)68(10)52(72)48(34-38-14-18-40(19-15-38)42-22-30-80-31-23-42)82-54(75)44(36-60(6,7)64)66-51(71)47(13-2)85-57(78)63(28-29-63)69(11)58(79)86-59(3,4)5/h14-21,42-49H,12-13,22-37H2,1-11H3,(H,66,71)(H,67,70)(H,73,74). The van der Waals surface area contributed by atoms with Gasteiger partial charge in [0, 0.05) is 66.2 Å². The first kappa shape index (κ1) is 68.4. The van der Waals surface area contributed by atoms with Gasteiger partial charge in [-0.25, -0.2) is 37.5 Å². The summed E-state index contributed by atoms with van der Waals surface area (Å²) in [5.41, 5.74) is -5.02. The van der Waals surface area contributed by atoms with E-state index >= 15 is 8.78 Å². The predicted octanol–water partition coefficient (Wildman–Crippen LogP) is 7.45. The van der Waals surface area contributed by atoms with Gasteiger partial charge in [-0.3, -0.25) is 19.3 Å². The van der Waals surface area contributed by atoms with Crippen LogP contribution in [-0.4, -0.2) is 174 Å². The second kappa shape index (κ2) is 28.8. The lowest BCUT2D eigenvalue weighted by atomic mass is 9.90. The molecule has 0 bridgehead atoms. The topological polar surface area (TPSA) is 269 Å². The van der Waals surface area contributed by atoms with Gasteiger partial charge in [0.15, 0.2) is 18.3 Å². The van der Waals surface area contributed by atoms with E-state index < -0.39 is 131 Å². The molecule has 4 amide bonds. The van der Waals surface area contributed by atoms with Crippen LogP contribution in [0.15, 0.2) is 48.5 Å². The van der Waals surface area contributed by atoms with Gasteiger partial charge in [0.2, 0.25) is 6.10 Å². The molecule has 6 atom stereocenters. The summed E-state index contributed by atoms with van der Waals surface area (Å²) in [6.07, 6.45) is -5.59. The maximum Gasteiger partial charge on any atom is 0.410 e. The largest absolute Gasteiger partial charge is 0.478 e. The number of alkyl halides is 2. The van der Waals surface area contributed by atoms with Crippen molar-refractivity contribution in [2.75, 3.05) is 40.5 Å². The Labute approximate surface area is 502 Å². The van der Waals surface area contributed by atoms with Gasteiger partial charge < -0.3 is 53.8 Å². The van der Waals surface area contributed by atoms with Crippen molar-refractivity contribution in [1.82, 2.24) is 20.4 Å². The molecule has 0 aromatic heterocycles. The Morgan fingerprint density at radius 3 is 1.27 bits per heavy atom. The van der Waals surface area contributed by atoms with Gasteiger partial charge in [-0.2, -0.15) is 0 Å². The molecular weight excluding hydrogens is 1120 g/mol. The molecule has 0 radical (unpaired) electrons. The Morgan fingerprint density at radius 1 is 0.570 bits per heavy atom. The van der Waals surface area contributed by atoms with Crippen LogP contribution >= 0.6 is 0 Å². The van der Waals surface area contributed by atoms with E-state index in [4.69, 9.17) is 33.2 Å². The highest BCUT2D eigenvalue weighted by atomic mass is 19.1. The van der Waals surface area contributed by atoms with Crippen LogP contribution in [0.25, 0.3) is 0 Å². The first-order valence-corrected chi connectivity index (χ1v) is 29.9. The van der Waals surface area contributed by atoms with Crippen molar-refractivity contribution in [3.8, 4) is 0 Å². The third-order valence-electron chi connectivity index (χ3n) is 16.2. The number of ether oxygens (including phenoxy) is 7. The molecule has 4 fully saturated rings. The van der Waals surface area contributed by atoms with Gasteiger partial charge in [0.25, 0.3) is 17.7 Å². The normalized spacial score (nSPS) is 18.9. The van der Waals surface area contributed by atoms with E-state index in [1.54, 1.807) is 52.0 Å². The molecule has 2 aromatic carbocycles. The molecule has 2 saturated carbocycles. The summed E-state index contributed by atoms with van der Waals surface area (Å²) in [5, 5.41) is 15.0. The lowest BCUT2D eigenvalue weighted by molar-refractivity contribution is -0.171. The fourth-order valence-electron chi connectivity index (χ4n) is 10.7. The highest BCUT2D eigenvalue weighted by Gasteiger charge is 2.60. The summed E-state index contributed by atoms with van der Waals surface area (Å²) in [7, 11) is 2.68. The molecule has 476 valence electrons. The van der Waals surface area contributed by atoms with Crippen LogP contribution < -0.4 is 10.6 Å². The van der Waals surface area contributed by atoms with E-state index in [9.17, 15) is 48.3 Å². The maximum atomic E-state index is 15.7. The number of carboxylic acids is 1. The lowest BCUT2D eigenvalue weighted by Gasteiger charge is -2.32. The van der Waals surface area contributed by atoms with Crippen molar-refractivity contribution in [3.63, 3.8) is 0 Å². The molecule has 21 nitrogen and oxygen atoms in total. The summed E-state index contributed by atoms with van der Waals surface area (Å²) in [4.78, 5) is 127. The highest BCUT2D eigenvalue weighted by molar-refractivity contribution is 5.96. The Kier molecular flexibility index (Phi) is 22.9. The van der Waals surface area contributed by atoms with E-state index in [2.05, 4.69) is 10.6 Å². The summed E-state index contributed by atoms with van der Waals surface area (Å²) in [6, 6.07) is 11.1. The van der Waals surface area contributed by atoms with Gasteiger partial charge >= 0.3 is 35.9 Å². The second-order valence-corrected chi connectivity index (χ2v) is 25.4. The van der Waals surface area contributed by atoms with Crippen molar-refractivity contribution in [1.29, 1.82) is 0 Å². The van der Waals surface area contributed by atoms with Crippen LogP contribution in [0.2, 0.25) is 0 Å². The molecule has 23 heteroatoms. The molecule has 6 rings (SSSR count). The molecular formula is C63H88F2N4O17. The zero-order chi connectivity index (χ0) is 63.5. The molecule has 2 aromatic rings. The number of halogens is 2. The van der Waals surface area contributed by atoms with Gasteiger partial charge in [-0.05, 0) is 147 Å². The molecule has 2 aliphatic heterocycles. The van der Waals surface area contributed by atoms with E-state index in [1.807, 2.05) is 24.3 Å². The lowest BCUT2D eigenvalue weighted by Crippen LogP contribution is -2.55. The Balaban J connectivity index is 1.17. The van der Waals surface area contributed by atoms with Crippen molar-refractivity contribution in [2.45, 2.75) is 229 Å². The minimum absolute atomic E-state index is 0.0349. The zero-order valence-electron chi connectivity index (χ0n) is 51.6. The number of likely N-dealkylation sites (N-methyl/N-ethyl adjacent to an activating group) is 2. The van der Waals surface area contributed by atoms with Crippen molar-refractivity contribution in [3.05, 3.63) is 70.8 Å². The smallest absolute Gasteiger partial charge is 0.410 e. The summed E-state index contributed by atoms with van der Waals surface area (Å²) in [6.45, 7) is 15.2. The zero-order valence-corrected chi connectivity index (χ0v) is 51.6. The number of hydrogen-bond donors (Lipinski definition) is 3. The summed E-state index contributed by atoms with van der Waals surface area (Å²) in [5.74, 6) is -8.27. The van der Waals surface area contributed by atoms with E-state index in [1.165, 1.54) is 34.9 Å². The van der Waals surface area contributed by atoms with Crippen molar-refractivity contribution >= 4 is 53.7 Å². The molecule has 2 aliphatic carbocycles. The fourth-order valence-corrected chi connectivity index (χ4v) is 10.7. The van der Waals surface area contributed by atoms with Crippen molar-refractivity contribution in [2.24, 2.45) is 0 Å². The quantitative estimate of drug-likeness (QED) is 0.0551. The third kappa shape index (κ3) is 18.9. The summed E-state index contributed by atoms with van der Waals surface area (Å²) >= 11 is 0. The van der Waals surface area contributed by atoms with Crippen LogP contribution in [0.1, 0.15) is 173 Å². The second-order valence-electron chi connectivity index (χ2n) is 25.4. The molecule has 3 N–H and O–H groups in total. The number of esters is 4. The summed E-state index contributed by atoms with van der Waals surface area (Å²) < 4.78 is 70.3. The number of amides is 4. The fraction of sp³-hybridized carbons (Fsp3) is 0.667. The predicted molar refractivity (Wildman–Crippen MR) is 308 cm³/mol. The third-order valence-corrected chi connectivity index (χ3v) is 16.2. The Bertz CT molecular complexity index is 2720. The van der Waals surface area contributed by atoms with Crippen LogP contribution in [0.5, 0.6) is 0 Å².